The van der Waals surface area contributed by atoms with Gasteiger partial charge in [-0.1, -0.05) is 49.1 Å². The van der Waals surface area contributed by atoms with Crippen LogP contribution in [0, 0.1) is 17.2 Å². The van der Waals surface area contributed by atoms with Crippen molar-refractivity contribution in [3.05, 3.63) is 58.6 Å². The van der Waals surface area contributed by atoms with Gasteiger partial charge in [0.2, 0.25) is 0 Å². The van der Waals surface area contributed by atoms with E-state index in [1.165, 1.54) is 13.5 Å². The average molecular weight is 396 g/mol. The molecule has 1 aliphatic carbocycles. The largest absolute Gasteiger partial charge is 0.493 e. The van der Waals surface area contributed by atoms with Crippen molar-refractivity contribution >= 4 is 29.2 Å². The first-order valence-electron chi connectivity index (χ1n) is 9.38. The number of allylic oxidation sites excluding steroid dienone is 1. The standard InChI is InChI=1S/C23H22ClNO3/c1-27-22-13-16(12-19(15-25)18-8-5-9-20(24)14-18)10-11-21(22)28-23(26)17-6-3-2-4-7-17/h5,8-14,17H,2-4,6-7H2,1H3/b19-12-. The molecule has 144 valence electrons. The minimum atomic E-state index is -0.196. The summed E-state index contributed by atoms with van der Waals surface area (Å²) >= 11 is 6.02. The molecule has 0 N–H and O–H groups in total. The SMILES string of the molecule is COc1cc(/C=C(/C#N)c2cccc(Cl)c2)ccc1OC(=O)C1CCCCC1. The first-order chi connectivity index (χ1) is 13.6. The summed E-state index contributed by atoms with van der Waals surface area (Å²) in [6.07, 6.45) is 6.84. The molecule has 0 saturated heterocycles. The fourth-order valence-electron chi connectivity index (χ4n) is 3.39. The predicted molar refractivity (Wildman–Crippen MR) is 110 cm³/mol. The Balaban J connectivity index is 1.82. The number of carbonyl (C=O) groups excluding carboxylic acids is 1. The summed E-state index contributed by atoms with van der Waals surface area (Å²) in [5.74, 6) is 0.627. The molecule has 0 unspecified atom stereocenters. The number of rotatable bonds is 5. The van der Waals surface area contributed by atoms with Crippen molar-refractivity contribution in [2.45, 2.75) is 32.1 Å². The first kappa shape index (κ1) is 20.0. The molecule has 0 aromatic heterocycles. The lowest BCUT2D eigenvalue weighted by Gasteiger charge is -2.20. The van der Waals surface area contributed by atoms with Gasteiger partial charge in [-0.3, -0.25) is 4.79 Å². The van der Waals surface area contributed by atoms with Crippen LogP contribution in [0.3, 0.4) is 0 Å². The van der Waals surface area contributed by atoms with Gasteiger partial charge in [0, 0.05) is 5.02 Å². The second-order valence-electron chi connectivity index (χ2n) is 6.85. The molecular weight excluding hydrogens is 374 g/mol. The molecule has 0 radical (unpaired) electrons. The van der Waals surface area contributed by atoms with Gasteiger partial charge in [-0.2, -0.15) is 5.26 Å². The molecule has 0 spiro atoms. The van der Waals surface area contributed by atoms with Crippen LogP contribution < -0.4 is 9.47 Å². The zero-order valence-corrected chi connectivity index (χ0v) is 16.5. The zero-order chi connectivity index (χ0) is 19.9. The van der Waals surface area contributed by atoms with Crippen LogP contribution in [0.4, 0.5) is 0 Å². The number of methoxy groups -OCH3 is 1. The summed E-state index contributed by atoms with van der Waals surface area (Å²) in [5.41, 5.74) is 1.99. The van der Waals surface area contributed by atoms with Crippen LogP contribution in [0.5, 0.6) is 11.5 Å². The summed E-state index contributed by atoms with van der Waals surface area (Å²) in [4.78, 5) is 12.4. The predicted octanol–water partition coefficient (Wildman–Crippen LogP) is 5.90. The molecule has 2 aromatic carbocycles. The smallest absolute Gasteiger partial charge is 0.314 e. The van der Waals surface area contributed by atoms with Crippen LogP contribution in [-0.2, 0) is 4.79 Å². The van der Waals surface area contributed by atoms with Crippen molar-refractivity contribution in [2.24, 2.45) is 5.92 Å². The minimum absolute atomic E-state index is 0.0361. The minimum Gasteiger partial charge on any atom is -0.493 e. The van der Waals surface area contributed by atoms with Crippen molar-refractivity contribution < 1.29 is 14.3 Å². The van der Waals surface area contributed by atoms with Gasteiger partial charge in [-0.25, -0.2) is 0 Å². The number of hydrogen-bond donors (Lipinski definition) is 0. The third-order valence-electron chi connectivity index (χ3n) is 4.90. The normalized spacial score (nSPS) is 15.0. The molecule has 0 bridgehead atoms. The van der Waals surface area contributed by atoms with E-state index in [0.717, 1.165) is 36.8 Å². The molecule has 1 fully saturated rings. The van der Waals surface area contributed by atoms with Crippen molar-refractivity contribution in [2.75, 3.05) is 7.11 Å². The van der Waals surface area contributed by atoms with Crippen molar-refractivity contribution in [1.82, 2.24) is 0 Å². The highest BCUT2D eigenvalue weighted by Crippen LogP contribution is 2.32. The molecular formula is C23H22ClNO3. The van der Waals surface area contributed by atoms with Gasteiger partial charge >= 0.3 is 5.97 Å². The summed E-state index contributed by atoms with van der Waals surface area (Å²) in [7, 11) is 1.53. The van der Waals surface area contributed by atoms with E-state index in [1.807, 2.05) is 6.07 Å². The number of halogens is 1. The average Bonchev–Trinajstić information content (AvgIpc) is 2.73. The van der Waals surface area contributed by atoms with Crippen LogP contribution in [0.25, 0.3) is 11.6 Å². The fraction of sp³-hybridized carbons (Fsp3) is 0.304. The fourth-order valence-corrected chi connectivity index (χ4v) is 3.58. The highest BCUT2D eigenvalue weighted by Gasteiger charge is 2.24. The molecule has 0 aliphatic heterocycles. The van der Waals surface area contributed by atoms with Gasteiger partial charge in [0.1, 0.15) is 0 Å². The monoisotopic (exact) mass is 395 g/mol. The molecule has 0 amide bonds. The summed E-state index contributed by atoms with van der Waals surface area (Å²) < 4.78 is 11.0. The van der Waals surface area contributed by atoms with Crippen LogP contribution in [-0.4, -0.2) is 13.1 Å². The van der Waals surface area contributed by atoms with Crippen LogP contribution in [0.2, 0.25) is 5.02 Å². The van der Waals surface area contributed by atoms with Gasteiger partial charge in [0.05, 0.1) is 24.7 Å². The lowest BCUT2D eigenvalue weighted by molar-refractivity contribution is -0.140. The number of benzene rings is 2. The highest BCUT2D eigenvalue weighted by molar-refractivity contribution is 6.30. The molecule has 0 atom stereocenters. The second-order valence-corrected chi connectivity index (χ2v) is 7.28. The summed E-state index contributed by atoms with van der Waals surface area (Å²) in [6, 6.07) is 14.6. The Kier molecular flexibility index (Phi) is 6.73. The summed E-state index contributed by atoms with van der Waals surface area (Å²) in [6.45, 7) is 0. The maximum Gasteiger partial charge on any atom is 0.314 e. The van der Waals surface area contributed by atoms with E-state index in [1.54, 1.807) is 42.5 Å². The molecule has 3 rings (SSSR count). The van der Waals surface area contributed by atoms with Gasteiger partial charge in [0.25, 0.3) is 0 Å². The Morgan fingerprint density at radius 1 is 1.14 bits per heavy atom. The molecule has 5 heteroatoms. The highest BCUT2D eigenvalue weighted by atomic mass is 35.5. The quantitative estimate of drug-likeness (QED) is 0.274. The molecule has 1 aliphatic rings. The van der Waals surface area contributed by atoms with E-state index in [2.05, 4.69) is 6.07 Å². The van der Waals surface area contributed by atoms with Gasteiger partial charge in [0.15, 0.2) is 11.5 Å². The topological polar surface area (TPSA) is 59.3 Å². The maximum absolute atomic E-state index is 12.4. The van der Waals surface area contributed by atoms with Crippen LogP contribution in [0.15, 0.2) is 42.5 Å². The molecule has 4 nitrogen and oxygen atoms in total. The third-order valence-corrected chi connectivity index (χ3v) is 5.14. The second kappa shape index (κ2) is 9.43. The van der Waals surface area contributed by atoms with Gasteiger partial charge < -0.3 is 9.47 Å². The number of nitrogens with zero attached hydrogens (tertiary/aromatic N) is 1. The molecule has 0 heterocycles. The third kappa shape index (κ3) is 4.94. The lowest BCUT2D eigenvalue weighted by Crippen LogP contribution is -2.22. The van der Waals surface area contributed by atoms with Crippen LogP contribution >= 0.6 is 11.6 Å². The van der Waals surface area contributed by atoms with Gasteiger partial charge in [-0.05, 0) is 54.3 Å². The number of ether oxygens (including phenoxy) is 2. The Labute approximate surface area is 170 Å². The van der Waals surface area contributed by atoms with E-state index < -0.39 is 0 Å². The van der Waals surface area contributed by atoms with Crippen molar-refractivity contribution in [1.29, 1.82) is 5.26 Å². The van der Waals surface area contributed by atoms with E-state index in [4.69, 9.17) is 21.1 Å². The summed E-state index contributed by atoms with van der Waals surface area (Å²) in [5, 5.41) is 10.1. The van der Waals surface area contributed by atoms with E-state index in [-0.39, 0.29) is 11.9 Å². The number of nitriles is 1. The van der Waals surface area contributed by atoms with Gasteiger partial charge in [-0.15, -0.1) is 0 Å². The number of esters is 1. The van der Waals surface area contributed by atoms with Crippen molar-refractivity contribution in [3.8, 4) is 17.6 Å². The Bertz CT molecular complexity index is 924. The number of carbonyl (C=O) groups is 1. The Hall–Kier alpha value is -2.77. The van der Waals surface area contributed by atoms with Crippen LogP contribution in [0.1, 0.15) is 43.2 Å². The number of hydrogen-bond acceptors (Lipinski definition) is 4. The zero-order valence-electron chi connectivity index (χ0n) is 15.8. The molecule has 28 heavy (non-hydrogen) atoms. The first-order valence-corrected chi connectivity index (χ1v) is 9.76. The maximum atomic E-state index is 12.4. The van der Waals surface area contributed by atoms with E-state index >= 15 is 0 Å². The molecule has 2 aromatic rings. The van der Waals surface area contributed by atoms with E-state index in [9.17, 15) is 10.1 Å². The lowest BCUT2D eigenvalue weighted by atomic mass is 9.89. The molecule has 1 saturated carbocycles. The van der Waals surface area contributed by atoms with E-state index in [0.29, 0.717) is 22.1 Å². The Morgan fingerprint density at radius 2 is 1.93 bits per heavy atom. The Morgan fingerprint density at radius 3 is 2.61 bits per heavy atom. The van der Waals surface area contributed by atoms with Crippen molar-refractivity contribution in [3.63, 3.8) is 0 Å².